The molecule has 94 valence electrons. The van der Waals surface area contributed by atoms with Crippen LogP contribution >= 0.6 is 23.2 Å². The van der Waals surface area contributed by atoms with Crippen LogP contribution in [0.2, 0.25) is 10.0 Å². The van der Waals surface area contributed by atoms with E-state index >= 15 is 0 Å². The number of hydrogen-bond acceptors (Lipinski definition) is 1. The molecule has 0 heterocycles. The van der Waals surface area contributed by atoms with Crippen molar-refractivity contribution >= 4 is 29.2 Å². The molecule has 0 aromatic heterocycles. The third-order valence-corrected chi connectivity index (χ3v) is 2.85. The van der Waals surface area contributed by atoms with Gasteiger partial charge in [-0.2, -0.15) is 0 Å². The minimum atomic E-state index is 0.495. The molecule has 0 radical (unpaired) electrons. The Labute approximate surface area is 112 Å². The van der Waals surface area contributed by atoms with Gasteiger partial charge in [-0.3, -0.25) is 4.99 Å². The van der Waals surface area contributed by atoms with Gasteiger partial charge in [0.2, 0.25) is 0 Å². The van der Waals surface area contributed by atoms with Crippen LogP contribution in [0.4, 0.5) is 0 Å². The number of nitrogens with one attached hydrogen (secondary N) is 1. The van der Waals surface area contributed by atoms with E-state index in [1.54, 1.807) is 6.07 Å². The average molecular weight is 274 g/mol. The van der Waals surface area contributed by atoms with E-state index in [-0.39, 0.29) is 0 Å². The summed E-state index contributed by atoms with van der Waals surface area (Å²) in [5, 5.41) is 4.32. The summed E-state index contributed by atoms with van der Waals surface area (Å²) >= 11 is 11.9. The number of nitrogens with zero attached hydrogens (tertiary/aromatic N) is 1. The van der Waals surface area contributed by atoms with Crippen LogP contribution in [0, 0.1) is 0 Å². The van der Waals surface area contributed by atoms with Gasteiger partial charge in [0, 0.05) is 23.1 Å². The SMILES string of the molecule is CCNC(N)=NCCCc1ccc(Cl)cc1Cl. The van der Waals surface area contributed by atoms with Crippen LogP contribution in [0.3, 0.4) is 0 Å². The van der Waals surface area contributed by atoms with E-state index in [0.29, 0.717) is 22.5 Å². The molecule has 1 aromatic rings. The van der Waals surface area contributed by atoms with Crippen molar-refractivity contribution in [1.29, 1.82) is 0 Å². The molecule has 1 aromatic carbocycles. The lowest BCUT2D eigenvalue weighted by Gasteiger charge is -2.04. The highest BCUT2D eigenvalue weighted by Gasteiger charge is 2.00. The first-order valence-electron chi connectivity index (χ1n) is 5.61. The maximum atomic E-state index is 6.06. The molecule has 3 nitrogen and oxygen atoms in total. The lowest BCUT2D eigenvalue weighted by molar-refractivity contribution is 0.820. The summed E-state index contributed by atoms with van der Waals surface area (Å²) in [6, 6.07) is 5.55. The largest absolute Gasteiger partial charge is 0.370 e. The van der Waals surface area contributed by atoms with Gasteiger partial charge in [-0.25, -0.2) is 0 Å². The van der Waals surface area contributed by atoms with Crippen LogP contribution in [0.5, 0.6) is 0 Å². The van der Waals surface area contributed by atoms with Crippen molar-refractivity contribution < 1.29 is 0 Å². The normalized spacial score (nSPS) is 11.6. The number of rotatable bonds is 5. The van der Waals surface area contributed by atoms with Crippen molar-refractivity contribution in [3.63, 3.8) is 0 Å². The van der Waals surface area contributed by atoms with Crippen LogP contribution in [-0.4, -0.2) is 19.0 Å². The Hall–Kier alpha value is -0.930. The molecular weight excluding hydrogens is 257 g/mol. The summed E-state index contributed by atoms with van der Waals surface area (Å²) in [5.74, 6) is 0.495. The van der Waals surface area contributed by atoms with Crippen LogP contribution < -0.4 is 11.1 Å². The molecule has 0 amide bonds. The van der Waals surface area contributed by atoms with Gasteiger partial charge in [-0.05, 0) is 37.5 Å². The van der Waals surface area contributed by atoms with Crippen molar-refractivity contribution in [1.82, 2.24) is 5.32 Å². The Kier molecular flexibility index (Phi) is 6.16. The van der Waals surface area contributed by atoms with Gasteiger partial charge in [-0.15, -0.1) is 0 Å². The predicted molar refractivity (Wildman–Crippen MR) is 74.9 cm³/mol. The number of benzene rings is 1. The quantitative estimate of drug-likeness (QED) is 0.493. The number of halogens is 2. The van der Waals surface area contributed by atoms with Crippen molar-refractivity contribution in [2.24, 2.45) is 10.7 Å². The summed E-state index contributed by atoms with van der Waals surface area (Å²) in [5.41, 5.74) is 6.70. The van der Waals surface area contributed by atoms with Gasteiger partial charge in [-0.1, -0.05) is 29.3 Å². The molecule has 0 spiro atoms. The van der Waals surface area contributed by atoms with Gasteiger partial charge >= 0.3 is 0 Å². The van der Waals surface area contributed by atoms with Crippen molar-refractivity contribution in [3.8, 4) is 0 Å². The van der Waals surface area contributed by atoms with E-state index in [9.17, 15) is 0 Å². The summed E-state index contributed by atoms with van der Waals surface area (Å²) in [7, 11) is 0. The van der Waals surface area contributed by atoms with Crippen LogP contribution in [0.25, 0.3) is 0 Å². The predicted octanol–water partition coefficient (Wildman–Crippen LogP) is 2.85. The van der Waals surface area contributed by atoms with E-state index in [1.807, 2.05) is 19.1 Å². The van der Waals surface area contributed by atoms with Gasteiger partial charge in [0.05, 0.1) is 0 Å². The van der Waals surface area contributed by atoms with Crippen LogP contribution in [0.15, 0.2) is 23.2 Å². The highest BCUT2D eigenvalue weighted by atomic mass is 35.5. The van der Waals surface area contributed by atoms with Crippen molar-refractivity contribution in [2.75, 3.05) is 13.1 Å². The maximum Gasteiger partial charge on any atom is 0.188 e. The number of hydrogen-bond donors (Lipinski definition) is 2. The van der Waals surface area contributed by atoms with Crippen molar-refractivity contribution in [3.05, 3.63) is 33.8 Å². The Bertz CT molecular complexity index is 391. The van der Waals surface area contributed by atoms with E-state index < -0.39 is 0 Å². The molecule has 0 fully saturated rings. The van der Waals surface area contributed by atoms with Crippen LogP contribution in [0.1, 0.15) is 18.9 Å². The van der Waals surface area contributed by atoms with E-state index in [4.69, 9.17) is 28.9 Å². The molecule has 0 aliphatic heterocycles. The van der Waals surface area contributed by atoms with Gasteiger partial charge < -0.3 is 11.1 Å². The molecule has 17 heavy (non-hydrogen) atoms. The zero-order chi connectivity index (χ0) is 12.7. The third kappa shape index (κ3) is 5.29. The average Bonchev–Trinajstić information content (AvgIpc) is 2.27. The number of guanidine groups is 1. The molecule has 0 aliphatic carbocycles. The maximum absolute atomic E-state index is 6.06. The van der Waals surface area contributed by atoms with E-state index in [2.05, 4.69) is 10.3 Å². The standard InChI is InChI=1S/C12H17Cl2N3/c1-2-16-12(15)17-7-3-4-9-5-6-10(13)8-11(9)14/h5-6,8H,2-4,7H2,1H3,(H3,15,16,17). The lowest BCUT2D eigenvalue weighted by Crippen LogP contribution is -2.31. The first kappa shape index (κ1) is 14.1. The zero-order valence-corrected chi connectivity index (χ0v) is 11.4. The van der Waals surface area contributed by atoms with Gasteiger partial charge in [0.1, 0.15) is 0 Å². The second-order valence-electron chi connectivity index (χ2n) is 3.64. The minimum Gasteiger partial charge on any atom is -0.370 e. The summed E-state index contributed by atoms with van der Waals surface area (Å²) in [6.07, 6.45) is 1.78. The highest BCUT2D eigenvalue weighted by Crippen LogP contribution is 2.21. The smallest absolute Gasteiger partial charge is 0.188 e. The van der Waals surface area contributed by atoms with Crippen LogP contribution in [-0.2, 0) is 6.42 Å². The summed E-state index contributed by atoms with van der Waals surface area (Å²) in [4.78, 5) is 4.19. The summed E-state index contributed by atoms with van der Waals surface area (Å²) < 4.78 is 0. The van der Waals surface area contributed by atoms with E-state index in [1.165, 1.54) is 0 Å². The molecule has 3 N–H and O–H groups in total. The number of nitrogens with two attached hydrogens (primary N) is 1. The Morgan fingerprint density at radius 3 is 2.82 bits per heavy atom. The minimum absolute atomic E-state index is 0.495. The first-order chi connectivity index (χ1) is 8.13. The molecule has 5 heteroatoms. The van der Waals surface area contributed by atoms with Gasteiger partial charge in [0.25, 0.3) is 0 Å². The fourth-order valence-electron chi connectivity index (χ4n) is 1.43. The fraction of sp³-hybridized carbons (Fsp3) is 0.417. The Morgan fingerprint density at radius 2 is 2.18 bits per heavy atom. The second kappa shape index (κ2) is 7.41. The van der Waals surface area contributed by atoms with E-state index in [0.717, 1.165) is 24.9 Å². The molecular formula is C12H17Cl2N3. The molecule has 0 aliphatic rings. The molecule has 0 saturated carbocycles. The fourth-order valence-corrected chi connectivity index (χ4v) is 1.93. The molecule has 0 bridgehead atoms. The highest BCUT2D eigenvalue weighted by molar-refractivity contribution is 6.35. The number of aryl methyl sites for hydroxylation is 1. The van der Waals surface area contributed by atoms with Gasteiger partial charge in [0.15, 0.2) is 5.96 Å². The second-order valence-corrected chi connectivity index (χ2v) is 4.48. The Balaban J connectivity index is 2.38. The lowest BCUT2D eigenvalue weighted by atomic mass is 10.1. The first-order valence-corrected chi connectivity index (χ1v) is 6.36. The molecule has 0 atom stereocenters. The number of aliphatic imine (C=N–C) groups is 1. The summed E-state index contributed by atoms with van der Waals surface area (Å²) in [6.45, 7) is 3.46. The molecule has 1 rings (SSSR count). The third-order valence-electron chi connectivity index (χ3n) is 2.26. The Morgan fingerprint density at radius 1 is 1.41 bits per heavy atom. The zero-order valence-electron chi connectivity index (χ0n) is 9.84. The molecule has 0 unspecified atom stereocenters. The van der Waals surface area contributed by atoms with Crippen molar-refractivity contribution in [2.45, 2.75) is 19.8 Å². The topological polar surface area (TPSA) is 50.4 Å². The molecule has 0 saturated heterocycles. The monoisotopic (exact) mass is 273 g/mol.